The van der Waals surface area contributed by atoms with E-state index in [9.17, 15) is 13.2 Å². The predicted molar refractivity (Wildman–Crippen MR) is 58.7 cm³/mol. The highest BCUT2D eigenvalue weighted by atomic mass is 19.4. The number of hydrogen-bond donors (Lipinski definition) is 1. The second kappa shape index (κ2) is 4.85. The average molecular weight is 260 g/mol. The monoisotopic (exact) mass is 260 g/mol. The third-order valence-corrected chi connectivity index (χ3v) is 2.25. The number of nitrogens with two attached hydrogens (primary N) is 1. The van der Waals surface area contributed by atoms with Crippen molar-refractivity contribution in [3.8, 4) is 0 Å². The Labute approximate surface area is 101 Å². The van der Waals surface area contributed by atoms with Gasteiger partial charge in [0, 0.05) is 0 Å². The third kappa shape index (κ3) is 3.13. The minimum atomic E-state index is -4.22. The van der Waals surface area contributed by atoms with Crippen LogP contribution >= 0.6 is 0 Å². The summed E-state index contributed by atoms with van der Waals surface area (Å²) < 4.78 is 45.7. The van der Waals surface area contributed by atoms with Gasteiger partial charge in [-0.1, -0.05) is 6.07 Å². The Balaban J connectivity index is 1.94. The molecule has 0 saturated heterocycles. The Bertz CT molecular complexity index is 537. The predicted octanol–water partition coefficient (Wildman–Crippen LogP) is 2.88. The molecule has 0 aliphatic heterocycles. The van der Waals surface area contributed by atoms with E-state index in [1.54, 1.807) is 18.2 Å². The molecular formula is C11H11F3N2O2. The summed E-state index contributed by atoms with van der Waals surface area (Å²) in [4.78, 5) is 4.05. The molecule has 0 unspecified atom stereocenters. The molecular weight excluding hydrogens is 249 g/mol. The van der Waals surface area contributed by atoms with Gasteiger partial charge in [0.1, 0.15) is 12.1 Å². The third-order valence-electron chi connectivity index (χ3n) is 2.25. The van der Waals surface area contributed by atoms with E-state index in [0.717, 1.165) is 0 Å². The van der Waals surface area contributed by atoms with Gasteiger partial charge >= 0.3 is 6.18 Å². The summed E-state index contributed by atoms with van der Waals surface area (Å²) in [5, 5.41) is 0. The molecule has 7 heteroatoms. The fourth-order valence-electron chi connectivity index (χ4n) is 1.42. The van der Waals surface area contributed by atoms with Crippen molar-refractivity contribution in [3.05, 3.63) is 24.1 Å². The summed E-state index contributed by atoms with van der Waals surface area (Å²) in [6.07, 6.45) is -5.21. The molecule has 1 heterocycles. The van der Waals surface area contributed by atoms with Gasteiger partial charge in [0.25, 0.3) is 0 Å². The Hall–Kier alpha value is -1.76. The molecule has 0 aliphatic rings. The molecule has 0 spiro atoms. The van der Waals surface area contributed by atoms with Crippen LogP contribution in [-0.4, -0.2) is 17.8 Å². The molecule has 1 aromatic carbocycles. The first-order valence-electron chi connectivity index (χ1n) is 5.24. The van der Waals surface area contributed by atoms with Crippen LogP contribution in [-0.2, 0) is 11.3 Å². The number of oxazole rings is 1. The number of hydrogen-bond acceptors (Lipinski definition) is 4. The van der Waals surface area contributed by atoms with Crippen LogP contribution < -0.4 is 5.73 Å². The van der Waals surface area contributed by atoms with E-state index >= 15 is 0 Å². The molecule has 0 saturated carbocycles. The molecule has 0 amide bonds. The van der Waals surface area contributed by atoms with Crippen molar-refractivity contribution in [2.24, 2.45) is 0 Å². The number of fused-ring (bicyclic) bond motifs is 1. The van der Waals surface area contributed by atoms with Crippen molar-refractivity contribution in [1.82, 2.24) is 4.98 Å². The number of rotatable bonds is 4. The zero-order valence-corrected chi connectivity index (χ0v) is 9.33. The maximum absolute atomic E-state index is 11.9. The Morgan fingerprint density at radius 3 is 2.78 bits per heavy atom. The summed E-state index contributed by atoms with van der Waals surface area (Å²) in [5.74, 6) is 0.213. The highest BCUT2D eigenvalue weighted by Gasteiger charge is 2.26. The maximum atomic E-state index is 11.9. The van der Waals surface area contributed by atoms with Crippen LogP contribution in [0.2, 0.25) is 0 Å². The van der Waals surface area contributed by atoms with Crippen LogP contribution in [0.25, 0.3) is 11.1 Å². The number of nitrogen functional groups attached to an aromatic ring is 1. The van der Waals surface area contributed by atoms with Gasteiger partial charge in [-0.25, -0.2) is 4.98 Å². The molecule has 2 rings (SSSR count). The maximum Gasteiger partial charge on any atom is 0.391 e. The largest absolute Gasteiger partial charge is 0.438 e. The zero-order valence-electron chi connectivity index (χ0n) is 9.33. The number of alkyl halides is 3. The molecule has 4 nitrogen and oxygen atoms in total. The first-order valence-corrected chi connectivity index (χ1v) is 5.24. The van der Waals surface area contributed by atoms with Gasteiger partial charge in [-0.05, 0) is 12.1 Å². The first kappa shape index (κ1) is 12.7. The highest BCUT2D eigenvalue weighted by molar-refractivity contribution is 5.85. The number of benzene rings is 1. The van der Waals surface area contributed by atoms with Gasteiger partial charge in [0.05, 0.1) is 18.7 Å². The van der Waals surface area contributed by atoms with E-state index in [4.69, 9.17) is 14.9 Å². The molecule has 0 bridgehead atoms. The molecule has 0 aliphatic carbocycles. The van der Waals surface area contributed by atoms with E-state index in [2.05, 4.69) is 4.98 Å². The smallest absolute Gasteiger partial charge is 0.391 e. The van der Waals surface area contributed by atoms with Crippen LogP contribution in [0.4, 0.5) is 18.9 Å². The lowest BCUT2D eigenvalue weighted by Crippen LogP contribution is -2.11. The van der Waals surface area contributed by atoms with Gasteiger partial charge in [0.15, 0.2) is 5.58 Å². The summed E-state index contributed by atoms with van der Waals surface area (Å²) in [5.41, 5.74) is 7.11. The second-order valence-electron chi connectivity index (χ2n) is 3.72. The average Bonchev–Trinajstić information content (AvgIpc) is 2.68. The molecule has 0 atom stereocenters. The van der Waals surface area contributed by atoms with Gasteiger partial charge < -0.3 is 14.9 Å². The van der Waals surface area contributed by atoms with Crippen LogP contribution in [0.3, 0.4) is 0 Å². The van der Waals surface area contributed by atoms with Gasteiger partial charge in [-0.2, -0.15) is 13.2 Å². The number of halogens is 3. The van der Waals surface area contributed by atoms with Crippen molar-refractivity contribution in [2.75, 3.05) is 12.3 Å². The molecule has 2 N–H and O–H groups in total. The molecule has 1 aromatic heterocycles. The Kier molecular flexibility index (Phi) is 3.42. The summed E-state index contributed by atoms with van der Waals surface area (Å²) in [6, 6.07) is 5.05. The van der Waals surface area contributed by atoms with Gasteiger partial charge in [-0.15, -0.1) is 0 Å². The van der Waals surface area contributed by atoms with Crippen molar-refractivity contribution in [2.45, 2.75) is 19.2 Å². The number of anilines is 1. The van der Waals surface area contributed by atoms with E-state index in [1.165, 1.54) is 0 Å². The molecule has 2 aromatic rings. The van der Waals surface area contributed by atoms with Crippen LogP contribution in [0.1, 0.15) is 12.3 Å². The highest BCUT2D eigenvalue weighted by Crippen LogP contribution is 2.22. The lowest BCUT2D eigenvalue weighted by Gasteiger charge is -2.05. The molecule has 18 heavy (non-hydrogen) atoms. The zero-order chi connectivity index (χ0) is 13.2. The summed E-state index contributed by atoms with van der Waals surface area (Å²) >= 11 is 0. The first-order chi connectivity index (χ1) is 8.46. The topological polar surface area (TPSA) is 61.3 Å². The Morgan fingerprint density at radius 1 is 1.33 bits per heavy atom. The van der Waals surface area contributed by atoms with E-state index < -0.39 is 19.2 Å². The number of aromatic nitrogens is 1. The molecule has 0 fully saturated rings. The molecule has 0 radical (unpaired) electrons. The molecule has 98 valence electrons. The van der Waals surface area contributed by atoms with Crippen LogP contribution in [0.5, 0.6) is 0 Å². The normalized spacial score (nSPS) is 12.2. The SMILES string of the molecule is Nc1cccc2oc(COCCC(F)(F)F)nc12. The van der Waals surface area contributed by atoms with Crippen LogP contribution in [0.15, 0.2) is 22.6 Å². The standard InChI is InChI=1S/C11H11F3N2O2/c12-11(13,14)4-5-17-6-9-16-10-7(15)2-1-3-8(10)18-9/h1-3H,4-6,15H2. The van der Waals surface area contributed by atoms with E-state index in [1.807, 2.05) is 0 Å². The van der Waals surface area contributed by atoms with E-state index in [0.29, 0.717) is 16.8 Å². The van der Waals surface area contributed by atoms with E-state index in [-0.39, 0.29) is 12.5 Å². The van der Waals surface area contributed by atoms with Crippen LogP contribution in [0, 0.1) is 0 Å². The number of ether oxygens (including phenoxy) is 1. The number of para-hydroxylation sites is 1. The van der Waals surface area contributed by atoms with Crippen molar-refractivity contribution in [1.29, 1.82) is 0 Å². The van der Waals surface area contributed by atoms with Crippen molar-refractivity contribution >= 4 is 16.8 Å². The van der Waals surface area contributed by atoms with Crippen molar-refractivity contribution in [3.63, 3.8) is 0 Å². The summed E-state index contributed by atoms with van der Waals surface area (Å²) in [6.45, 7) is -0.526. The van der Waals surface area contributed by atoms with Gasteiger partial charge in [-0.3, -0.25) is 0 Å². The fraction of sp³-hybridized carbons (Fsp3) is 0.364. The number of nitrogens with zero attached hydrogens (tertiary/aromatic N) is 1. The van der Waals surface area contributed by atoms with Crippen molar-refractivity contribution < 1.29 is 22.3 Å². The summed E-state index contributed by atoms with van der Waals surface area (Å²) in [7, 11) is 0. The minimum absolute atomic E-state index is 0.107. The lowest BCUT2D eigenvalue weighted by atomic mass is 10.3. The Morgan fingerprint density at radius 2 is 2.11 bits per heavy atom. The lowest BCUT2D eigenvalue weighted by molar-refractivity contribution is -0.146. The quantitative estimate of drug-likeness (QED) is 0.678. The minimum Gasteiger partial charge on any atom is -0.438 e. The van der Waals surface area contributed by atoms with Gasteiger partial charge in [0.2, 0.25) is 5.89 Å². The second-order valence-corrected chi connectivity index (χ2v) is 3.72. The fourth-order valence-corrected chi connectivity index (χ4v) is 1.42.